The van der Waals surface area contributed by atoms with E-state index in [1.54, 1.807) is 24.3 Å². The fraction of sp³-hybridized carbons (Fsp3) is 0.0952. The van der Waals surface area contributed by atoms with E-state index >= 15 is 0 Å². The quantitative estimate of drug-likeness (QED) is 0.302. The van der Waals surface area contributed by atoms with Crippen LogP contribution in [0.3, 0.4) is 0 Å². The number of halogens is 1. The zero-order chi connectivity index (χ0) is 22.7. The Hall–Kier alpha value is -3.21. The summed E-state index contributed by atoms with van der Waals surface area (Å²) >= 11 is 11.3. The van der Waals surface area contributed by atoms with E-state index in [1.165, 1.54) is 18.2 Å². The zero-order valence-corrected chi connectivity index (χ0v) is 18.9. The molecule has 0 atom stereocenters. The number of phenolic OH excluding ortho intramolecular Hbond substituents is 1. The van der Waals surface area contributed by atoms with E-state index in [0.29, 0.717) is 18.0 Å². The van der Waals surface area contributed by atoms with Gasteiger partial charge in [0.15, 0.2) is 16.6 Å². The van der Waals surface area contributed by atoms with Gasteiger partial charge in [0.25, 0.3) is 10.0 Å². The van der Waals surface area contributed by atoms with Crippen LogP contribution < -0.4 is 24.8 Å². The van der Waals surface area contributed by atoms with E-state index in [2.05, 4.69) is 15.4 Å². The molecular formula is C21H18ClN3O5S2. The normalized spacial score (nSPS) is 12.3. The van der Waals surface area contributed by atoms with Gasteiger partial charge in [-0.15, -0.1) is 0 Å². The Bertz CT molecular complexity index is 1280. The molecule has 3 aromatic carbocycles. The molecule has 4 rings (SSSR count). The molecule has 0 saturated heterocycles. The second-order valence-electron chi connectivity index (χ2n) is 6.76. The first kappa shape index (κ1) is 22.0. The number of phenols is 1. The predicted octanol–water partition coefficient (Wildman–Crippen LogP) is 4.06. The number of hydrogen-bond donors (Lipinski definition) is 4. The minimum atomic E-state index is -3.95. The fourth-order valence-corrected chi connectivity index (χ4v) is 4.46. The van der Waals surface area contributed by atoms with Crippen molar-refractivity contribution in [3.05, 3.63) is 71.2 Å². The van der Waals surface area contributed by atoms with Gasteiger partial charge in [0, 0.05) is 6.54 Å². The number of fused-ring (bicyclic) bond motifs is 1. The fourth-order valence-electron chi connectivity index (χ4n) is 2.93. The number of para-hydroxylation sites is 1. The van der Waals surface area contributed by atoms with E-state index in [1.807, 2.05) is 18.2 Å². The molecule has 0 aliphatic carbocycles. The number of benzene rings is 3. The van der Waals surface area contributed by atoms with Crippen LogP contribution in [0.1, 0.15) is 5.56 Å². The predicted molar refractivity (Wildman–Crippen MR) is 126 cm³/mol. The molecule has 0 saturated carbocycles. The lowest BCUT2D eigenvalue weighted by Crippen LogP contribution is -2.28. The van der Waals surface area contributed by atoms with Crippen LogP contribution in [0.2, 0.25) is 5.02 Å². The third-order valence-corrected chi connectivity index (χ3v) is 6.47. The Labute approximate surface area is 195 Å². The summed E-state index contributed by atoms with van der Waals surface area (Å²) in [6.45, 7) is 0.575. The summed E-state index contributed by atoms with van der Waals surface area (Å²) in [4.78, 5) is -0.0729. The molecule has 32 heavy (non-hydrogen) atoms. The minimum Gasteiger partial charge on any atom is -0.506 e. The second-order valence-corrected chi connectivity index (χ2v) is 9.26. The van der Waals surface area contributed by atoms with Gasteiger partial charge in [0.2, 0.25) is 6.79 Å². The number of ether oxygens (including phenoxy) is 2. The van der Waals surface area contributed by atoms with Crippen LogP contribution in [-0.4, -0.2) is 25.4 Å². The minimum absolute atomic E-state index is 0.0729. The Morgan fingerprint density at radius 3 is 2.62 bits per heavy atom. The summed E-state index contributed by atoms with van der Waals surface area (Å²) in [5, 5.41) is 16.4. The first-order chi connectivity index (χ1) is 15.3. The maximum absolute atomic E-state index is 12.8. The lowest BCUT2D eigenvalue weighted by molar-refractivity contribution is 0.174. The highest BCUT2D eigenvalue weighted by Gasteiger charge is 2.18. The van der Waals surface area contributed by atoms with E-state index in [0.717, 1.165) is 5.56 Å². The lowest BCUT2D eigenvalue weighted by atomic mass is 10.2. The van der Waals surface area contributed by atoms with Gasteiger partial charge in [-0.1, -0.05) is 29.8 Å². The third-order valence-electron chi connectivity index (χ3n) is 4.53. The Morgan fingerprint density at radius 2 is 1.81 bits per heavy atom. The highest BCUT2D eigenvalue weighted by Crippen LogP contribution is 2.32. The molecule has 3 aromatic rings. The van der Waals surface area contributed by atoms with Crippen LogP contribution in [0, 0.1) is 0 Å². The van der Waals surface area contributed by atoms with Crippen molar-refractivity contribution in [1.82, 2.24) is 5.32 Å². The van der Waals surface area contributed by atoms with Crippen molar-refractivity contribution in [3.8, 4) is 17.2 Å². The van der Waals surface area contributed by atoms with Crippen molar-refractivity contribution in [1.29, 1.82) is 0 Å². The van der Waals surface area contributed by atoms with E-state index in [-0.39, 0.29) is 38.9 Å². The maximum atomic E-state index is 12.8. The molecule has 0 unspecified atom stereocenters. The van der Waals surface area contributed by atoms with Crippen molar-refractivity contribution < 1.29 is 23.0 Å². The average molecular weight is 492 g/mol. The number of anilines is 2. The van der Waals surface area contributed by atoms with Gasteiger partial charge in [-0.3, -0.25) is 4.72 Å². The highest BCUT2D eigenvalue weighted by molar-refractivity contribution is 7.92. The third kappa shape index (κ3) is 4.98. The van der Waals surface area contributed by atoms with Gasteiger partial charge in [0.05, 0.1) is 21.3 Å². The molecular weight excluding hydrogens is 474 g/mol. The molecule has 1 aliphatic heterocycles. The summed E-state index contributed by atoms with van der Waals surface area (Å²) in [6, 6.07) is 15.8. The van der Waals surface area contributed by atoms with Crippen molar-refractivity contribution in [3.63, 3.8) is 0 Å². The first-order valence-electron chi connectivity index (χ1n) is 9.35. The average Bonchev–Trinajstić information content (AvgIpc) is 3.23. The van der Waals surface area contributed by atoms with Gasteiger partial charge in [0.1, 0.15) is 5.75 Å². The Morgan fingerprint density at radius 1 is 1.03 bits per heavy atom. The van der Waals surface area contributed by atoms with Crippen molar-refractivity contribution in [2.45, 2.75) is 11.4 Å². The Kier molecular flexibility index (Phi) is 6.26. The molecule has 11 heteroatoms. The smallest absolute Gasteiger partial charge is 0.262 e. The van der Waals surface area contributed by atoms with Crippen LogP contribution in [-0.2, 0) is 16.6 Å². The van der Waals surface area contributed by atoms with E-state index in [4.69, 9.17) is 33.3 Å². The number of thiocarbonyl (C=S) groups is 1. The van der Waals surface area contributed by atoms with Gasteiger partial charge in [-0.25, -0.2) is 8.42 Å². The standard InChI is InChI=1S/C21H18ClN3O5S2/c22-15-3-1-2-4-16(15)25-32(27,28)14-6-7-18(26)17(10-14)24-21(31)23-11-13-5-8-19-20(9-13)30-12-29-19/h1-10,25-26H,11-12H2,(H2,23,24,31). The Balaban J connectivity index is 1.44. The van der Waals surface area contributed by atoms with Crippen molar-refractivity contribution in [2.75, 3.05) is 16.8 Å². The van der Waals surface area contributed by atoms with Crippen molar-refractivity contribution in [2.24, 2.45) is 0 Å². The molecule has 0 bridgehead atoms. The van der Waals surface area contributed by atoms with E-state index < -0.39 is 10.0 Å². The van der Waals surface area contributed by atoms with Crippen LogP contribution in [0.15, 0.2) is 65.6 Å². The molecule has 0 fully saturated rings. The molecule has 0 amide bonds. The van der Waals surface area contributed by atoms with Gasteiger partial charge < -0.3 is 25.2 Å². The van der Waals surface area contributed by atoms with Crippen molar-refractivity contribution >= 4 is 50.3 Å². The SMILES string of the molecule is O=S(=O)(Nc1ccccc1Cl)c1ccc(O)c(NC(=S)NCc2ccc3c(c2)OCO3)c1. The summed E-state index contributed by atoms with van der Waals surface area (Å²) in [7, 11) is -3.95. The molecule has 4 N–H and O–H groups in total. The number of rotatable bonds is 6. The number of hydrogen-bond acceptors (Lipinski definition) is 6. The van der Waals surface area contributed by atoms with E-state index in [9.17, 15) is 13.5 Å². The zero-order valence-electron chi connectivity index (χ0n) is 16.5. The first-order valence-corrected chi connectivity index (χ1v) is 11.6. The molecule has 0 spiro atoms. The maximum Gasteiger partial charge on any atom is 0.262 e. The molecule has 8 nitrogen and oxygen atoms in total. The van der Waals surface area contributed by atoms with Crippen LogP contribution in [0.25, 0.3) is 0 Å². The van der Waals surface area contributed by atoms with Crippen LogP contribution in [0.4, 0.5) is 11.4 Å². The molecule has 0 radical (unpaired) electrons. The van der Waals surface area contributed by atoms with Gasteiger partial charge >= 0.3 is 0 Å². The summed E-state index contributed by atoms with van der Waals surface area (Å²) < 4.78 is 38.6. The van der Waals surface area contributed by atoms with Crippen LogP contribution in [0.5, 0.6) is 17.2 Å². The highest BCUT2D eigenvalue weighted by atomic mass is 35.5. The molecule has 166 valence electrons. The molecule has 1 heterocycles. The number of sulfonamides is 1. The summed E-state index contributed by atoms with van der Waals surface area (Å²) in [5.41, 5.74) is 1.29. The topological polar surface area (TPSA) is 109 Å². The van der Waals surface area contributed by atoms with Crippen LogP contribution >= 0.6 is 23.8 Å². The number of aromatic hydroxyl groups is 1. The summed E-state index contributed by atoms with van der Waals surface area (Å²) in [6.07, 6.45) is 0. The lowest BCUT2D eigenvalue weighted by Gasteiger charge is -2.14. The number of nitrogens with one attached hydrogen (secondary N) is 3. The monoisotopic (exact) mass is 491 g/mol. The second kappa shape index (κ2) is 9.11. The largest absolute Gasteiger partial charge is 0.506 e. The van der Waals surface area contributed by atoms with Gasteiger partial charge in [-0.2, -0.15) is 0 Å². The molecule has 1 aliphatic rings. The van der Waals surface area contributed by atoms with Gasteiger partial charge in [-0.05, 0) is 60.2 Å². The summed E-state index contributed by atoms with van der Waals surface area (Å²) in [5.74, 6) is 1.18. The molecule has 0 aromatic heterocycles.